The van der Waals surface area contributed by atoms with Gasteiger partial charge in [-0.3, -0.25) is 4.90 Å². The second kappa shape index (κ2) is 8.89. The molecule has 2 atom stereocenters. The molecule has 1 aliphatic rings. The fraction of sp³-hybridized carbons (Fsp3) is 1.00. The summed E-state index contributed by atoms with van der Waals surface area (Å²) in [5.41, 5.74) is 0. The van der Waals surface area contributed by atoms with Crippen LogP contribution in [0.1, 0.15) is 53.4 Å². The van der Waals surface area contributed by atoms with E-state index in [-0.39, 0.29) is 0 Å². The van der Waals surface area contributed by atoms with Gasteiger partial charge in [0.25, 0.3) is 0 Å². The van der Waals surface area contributed by atoms with Gasteiger partial charge >= 0.3 is 0 Å². The summed E-state index contributed by atoms with van der Waals surface area (Å²) in [7, 11) is 0. The van der Waals surface area contributed by atoms with Crippen LogP contribution < -0.4 is 5.32 Å². The van der Waals surface area contributed by atoms with E-state index in [9.17, 15) is 0 Å². The molecule has 2 unspecified atom stereocenters. The average molecular weight is 256 g/mol. The van der Waals surface area contributed by atoms with Gasteiger partial charge in [0.05, 0.1) is 6.10 Å². The minimum atomic E-state index is 0.471. The molecule has 1 rings (SSSR count). The molecular formula is C15H32N2O. The molecule has 3 nitrogen and oxygen atoms in total. The molecule has 0 aliphatic carbocycles. The average Bonchev–Trinajstić information content (AvgIpc) is 2.36. The highest BCUT2D eigenvalue weighted by Gasteiger charge is 2.23. The lowest BCUT2D eigenvalue weighted by atomic mass is 10.0. The summed E-state index contributed by atoms with van der Waals surface area (Å²) in [6.45, 7) is 13.4. The van der Waals surface area contributed by atoms with Crippen molar-refractivity contribution in [3.8, 4) is 0 Å². The zero-order chi connectivity index (χ0) is 13.4. The summed E-state index contributed by atoms with van der Waals surface area (Å²) in [4.78, 5) is 2.60. The Kier molecular flexibility index (Phi) is 7.87. The van der Waals surface area contributed by atoms with E-state index < -0.39 is 0 Å². The third-order valence-electron chi connectivity index (χ3n) is 3.71. The first kappa shape index (κ1) is 15.9. The summed E-state index contributed by atoms with van der Waals surface area (Å²) in [5, 5.41) is 3.50. The van der Waals surface area contributed by atoms with Crippen molar-refractivity contribution in [2.75, 3.05) is 26.2 Å². The molecule has 1 saturated heterocycles. The number of nitrogens with zero attached hydrogens (tertiary/aromatic N) is 1. The summed E-state index contributed by atoms with van der Waals surface area (Å²) >= 11 is 0. The molecule has 1 fully saturated rings. The van der Waals surface area contributed by atoms with E-state index in [1.807, 2.05) is 0 Å². The number of hydrogen-bond donors (Lipinski definition) is 1. The van der Waals surface area contributed by atoms with E-state index in [1.165, 1.54) is 25.8 Å². The quantitative estimate of drug-likeness (QED) is 0.722. The fourth-order valence-corrected chi connectivity index (χ4v) is 2.55. The molecule has 0 saturated carbocycles. The Balaban J connectivity index is 2.22. The molecule has 0 amide bonds. The zero-order valence-electron chi connectivity index (χ0n) is 12.7. The highest BCUT2D eigenvalue weighted by atomic mass is 16.5. The molecule has 0 aromatic rings. The third-order valence-corrected chi connectivity index (χ3v) is 3.71. The number of piperidine rings is 1. The molecule has 0 bridgehead atoms. The van der Waals surface area contributed by atoms with Crippen LogP contribution in [0.15, 0.2) is 0 Å². The molecule has 18 heavy (non-hydrogen) atoms. The van der Waals surface area contributed by atoms with Gasteiger partial charge in [-0.25, -0.2) is 0 Å². The normalized spacial score (nSPS) is 23.5. The fourth-order valence-electron chi connectivity index (χ4n) is 2.55. The number of rotatable bonds is 8. The maximum Gasteiger partial charge on any atom is 0.0702 e. The molecule has 1 aliphatic heterocycles. The van der Waals surface area contributed by atoms with Gasteiger partial charge in [-0.05, 0) is 45.7 Å². The Morgan fingerprint density at radius 3 is 2.78 bits per heavy atom. The minimum Gasteiger partial charge on any atom is -0.377 e. The predicted octanol–water partition coefficient (Wildman–Crippen LogP) is 2.65. The van der Waals surface area contributed by atoms with Crippen molar-refractivity contribution in [2.24, 2.45) is 0 Å². The molecule has 0 spiro atoms. The molecule has 0 aromatic heterocycles. The third kappa shape index (κ3) is 6.17. The second-order valence-corrected chi connectivity index (χ2v) is 5.88. The van der Waals surface area contributed by atoms with Crippen molar-refractivity contribution in [3.63, 3.8) is 0 Å². The van der Waals surface area contributed by atoms with Crippen LogP contribution >= 0.6 is 0 Å². The Morgan fingerprint density at radius 2 is 2.11 bits per heavy atom. The van der Waals surface area contributed by atoms with Crippen molar-refractivity contribution in [1.29, 1.82) is 0 Å². The first-order chi connectivity index (χ1) is 8.63. The van der Waals surface area contributed by atoms with Crippen LogP contribution in [-0.2, 0) is 4.74 Å². The highest BCUT2D eigenvalue weighted by molar-refractivity contribution is 4.78. The summed E-state index contributed by atoms with van der Waals surface area (Å²) in [6.07, 6.45) is 5.37. The van der Waals surface area contributed by atoms with E-state index in [0.717, 1.165) is 26.1 Å². The van der Waals surface area contributed by atoms with E-state index in [4.69, 9.17) is 4.74 Å². The van der Waals surface area contributed by atoms with Crippen molar-refractivity contribution in [1.82, 2.24) is 10.2 Å². The lowest BCUT2D eigenvalue weighted by Crippen LogP contribution is -2.45. The lowest BCUT2D eigenvalue weighted by molar-refractivity contribution is -0.0112. The zero-order valence-corrected chi connectivity index (χ0v) is 12.7. The molecule has 108 valence electrons. The van der Waals surface area contributed by atoms with E-state index in [1.54, 1.807) is 0 Å². The van der Waals surface area contributed by atoms with Gasteiger partial charge in [0.15, 0.2) is 0 Å². The topological polar surface area (TPSA) is 24.5 Å². The van der Waals surface area contributed by atoms with E-state index >= 15 is 0 Å². The number of likely N-dealkylation sites (tertiary alicyclic amines) is 1. The van der Waals surface area contributed by atoms with Crippen molar-refractivity contribution < 1.29 is 4.74 Å². The van der Waals surface area contributed by atoms with Crippen LogP contribution in [0.5, 0.6) is 0 Å². The van der Waals surface area contributed by atoms with Gasteiger partial charge in [0.2, 0.25) is 0 Å². The monoisotopic (exact) mass is 256 g/mol. The summed E-state index contributed by atoms with van der Waals surface area (Å²) < 4.78 is 5.90. The first-order valence-electron chi connectivity index (χ1n) is 7.72. The van der Waals surface area contributed by atoms with Crippen molar-refractivity contribution in [3.05, 3.63) is 0 Å². The standard InChI is InChI=1S/C15H32N2O/c1-5-11-18-15-7-6-10-17(12-15)14(4)8-9-16-13(2)3/h13-16H,5-12H2,1-4H3. The molecule has 0 radical (unpaired) electrons. The maximum atomic E-state index is 5.90. The van der Waals surface area contributed by atoms with Crippen LogP contribution in [0.25, 0.3) is 0 Å². The Labute approximate surface area is 113 Å². The molecule has 1 N–H and O–H groups in total. The molecular weight excluding hydrogens is 224 g/mol. The molecule has 1 heterocycles. The second-order valence-electron chi connectivity index (χ2n) is 5.88. The van der Waals surface area contributed by atoms with Crippen LogP contribution in [0.2, 0.25) is 0 Å². The molecule has 0 aromatic carbocycles. The van der Waals surface area contributed by atoms with Gasteiger partial charge in [-0.2, -0.15) is 0 Å². The number of hydrogen-bond acceptors (Lipinski definition) is 3. The van der Waals surface area contributed by atoms with Crippen LogP contribution in [-0.4, -0.2) is 49.3 Å². The summed E-state index contributed by atoms with van der Waals surface area (Å²) in [6, 6.07) is 1.27. The van der Waals surface area contributed by atoms with Crippen LogP contribution in [0, 0.1) is 0 Å². The lowest BCUT2D eigenvalue weighted by Gasteiger charge is -2.36. The minimum absolute atomic E-state index is 0.471. The number of nitrogens with one attached hydrogen (secondary N) is 1. The van der Waals surface area contributed by atoms with Gasteiger partial charge in [0.1, 0.15) is 0 Å². The Morgan fingerprint density at radius 1 is 1.33 bits per heavy atom. The number of ether oxygens (including phenoxy) is 1. The van der Waals surface area contributed by atoms with Gasteiger partial charge in [-0.1, -0.05) is 20.8 Å². The largest absolute Gasteiger partial charge is 0.377 e. The van der Waals surface area contributed by atoms with Crippen molar-refractivity contribution >= 4 is 0 Å². The van der Waals surface area contributed by atoms with E-state index in [0.29, 0.717) is 18.2 Å². The summed E-state index contributed by atoms with van der Waals surface area (Å²) in [5.74, 6) is 0. The van der Waals surface area contributed by atoms with Gasteiger partial charge < -0.3 is 10.1 Å². The van der Waals surface area contributed by atoms with Crippen LogP contribution in [0.3, 0.4) is 0 Å². The predicted molar refractivity (Wildman–Crippen MR) is 78.1 cm³/mol. The van der Waals surface area contributed by atoms with Crippen molar-refractivity contribution in [2.45, 2.75) is 71.6 Å². The Bertz CT molecular complexity index is 209. The highest BCUT2D eigenvalue weighted by Crippen LogP contribution is 2.17. The smallest absolute Gasteiger partial charge is 0.0702 e. The SMILES string of the molecule is CCCOC1CCCN(C(C)CCNC(C)C)C1. The van der Waals surface area contributed by atoms with Gasteiger partial charge in [-0.15, -0.1) is 0 Å². The van der Waals surface area contributed by atoms with Gasteiger partial charge in [0, 0.05) is 25.2 Å². The Hall–Kier alpha value is -0.120. The van der Waals surface area contributed by atoms with Crippen LogP contribution in [0.4, 0.5) is 0 Å². The molecule has 3 heteroatoms. The first-order valence-corrected chi connectivity index (χ1v) is 7.72. The maximum absolute atomic E-state index is 5.90. The van der Waals surface area contributed by atoms with E-state index in [2.05, 4.69) is 37.9 Å².